The van der Waals surface area contributed by atoms with Crippen LogP contribution in [0.2, 0.25) is 0 Å². The Kier molecular flexibility index (Phi) is 6.05. The molecule has 7 rings (SSSR count). The third-order valence-corrected chi connectivity index (χ3v) is 8.80. The molecule has 3 nitrogen and oxygen atoms in total. The molecule has 1 radical (unpaired) electrons. The number of benzene rings is 4. The summed E-state index contributed by atoms with van der Waals surface area (Å²) in [5.74, 6) is 0. The molecule has 247 valence electrons. The second-order valence-corrected chi connectivity index (χ2v) is 13.1. The topological polar surface area (TPSA) is 38.9 Å². The largest absolute Gasteiger partial charge is 0.500 e. The second-order valence-electron chi connectivity index (χ2n) is 13.1. The zero-order valence-corrected chi connectivity index (χ0v) is 29.7. The van der Waals surface area contributed by atoms with Gasteiger partial charge in [0.25, 0.3) is 0 Å². The molecule has 0 spiro atoms. The smallest absolute Gasteiger partial charge is 0.128 e. The molecule has 0 saturated carbocycles. The fourth-order valence-corrected chi connectivity index (χ4v) is 5.06. The van der Waals surface area contributed by atoms with Gasteiger partial charge in [0, 0.05) is 62.5 Å². The van der Waals surface area contributed by atoms with E-state index in [0.717, 1.165) is 33.3 Å². The summed E-state index contributed by atoms with van der Waals surface area (Å²) in [5, 5.41) is 3.80. The Hall–Kier alpha value is -4.11. The Balaban J connectivity index is 0.000000231. The van der Waals surface area contributed by atoms with Gasteiger partial charge < -0.3 is 14.4 Å². The third-order valence-electron chi connectivity index (χ3n) is 8.80. The second kappa shape index (κ2) is 13.8. The number of hydrogen-bond acceptors (Lipinski definition) is 3. The molecule has 0 aliphatic heterocycles. The van der Waals surface area contributed by atoms with Crippen LogP contribution in [-0.4, -0.2) is 9.97 Å². The minimum Gasteiger partial charge on any atom is -0.500 e. The molecule has 48 heavy (non-hydrogen) atoms. The van der Waals surface area contributed by atoms with Crippen LogP contribution in [0.5, 0.6) is 0 Å². The van der Waals surface area contributed by atoms with Crippen molar-refractivity contribution in [1.82, 2.24) is 9.97 Å². The van der Waals surface area contributed by atoms with E-state index < -0.39 is 44.6 Å². The van der Waals surface area contributed by atoms with Crippen LogP contribution in [0, 0.1) is 50.4 Å². The first kappa shape index (κ1) is 21.1. The van der Waals surface area contributed by atoms with Crippen molar-refractivity contribution in [3.05, 3.63) is 131 Å². The fourth-order valence-electron chi connectivity index (χ4n) is 5.06. The molecule has 3 aromatic heterocycles. The van der Waals surface area contributed by atoms with Crippen molar-refractivity contribution in [3.8, 4) is 22.5 Å². The summed E-state index contributed by atoms with van der Waals surface area (Å²) < 4.78 is 117. The summed E-state index contributed by atoms with van der Waals surface area (Å²) in [4.78, 5) is 8.59. The summed E-state index contributed by atoms with van der Waals surface area (Å²) in [7, 11) is 0. The summed E-state index contributed by atoms with van der Waals surface area (Å²) in [5.41, 5.74) is 0.967. The molecular formula is C44H44IrN2O-2. The first-order valence-electron chi connectivity index (χ1n) is 22.2. The van der Waals surface area contributed by atoms with Gasteiger partial charge in [-0.25, -0.2) is 0 Å². The molecule has 0 amide bonds. The van der Waals surface area contributed by atoms with E-state index in [1.54, 1.807) is 19.9 Å². The number of furan rings is 1. The summed E-state index contributed by atoms with van der Waals surface area (Å²) in [6.45, 7) is -0.660. The van der Waals surface area contributed by atoms with E-state index in [4.69, 9.17) is 23.6 Å². The Morgan fingerprint density at radius 2 is 1.48 bits per heavy atom. The van der Waals surface area contributed by atoms with Gasteiger partial charge in [-0.2, -0.15) is 0 Å². The average Bonchev–Trinajstić information content (AvgIpc) is 3.55. The van der Waals surface area contributed by atoms with Crippen molar-refractivity contribution < 1.29 is 43.7 Å². The van der Waals surface area contributed by atoms with E-state index in [1.807, 2.05) is 63.2 Å². The van der Waals surface area contributed by atoms with E-state index in [1.165, 1.54) is 36.5 Å². The fraction of sp³-hybridized carbons (Fsp3) is 0.273. The van der Waals surface area contributed by atoms with E-state index in [0.29, 0.717) is 28.1 Å². The molecule has 4 heteroatoms. The van der Waals surface area contributed by atoms with E-state index in [9.17, 15) is 0 Å². The SMILES string of the molecule is [2H]C([2H])([2H])c1c[c-]c(-c2cc(C([2H])([2H])[2H])c(C([2H])([2H])C(C)(C)C(C)(C)C)cn2)cc1.[2H]C([2H])([2H])c1cnc(-c2[c-]ccc3c2oc2c4ccccc4ccc32)cc1C([2H])([2H])[2H].[Ir]. The molecule has 3 heterocycles. The van der Waals surface area contributed by atoms with Crippen LogP contribution in [-0.2, 0) is 26.5 Å². The van der Waals surface area contributed by atoms with Crippen molar-refractivity contribution in [2.75, 3.05) is 0 Å². The molecule has 4 aromatic carbocycles. The average molecular weight is 823 g/mol. The number of aryl methyl sites for hydroxylation is 4. The number of nitrogens with zero attached hydrogens (tertiary/aromatic N) is 2. The standard InChI is InChI=1S/C23H16NO.C21H28N.Ir/c1-14-12-21(24-13-15(14)2)20-9-5-8-18-19-11-10-16-6-3-4-7-17(16)22(19)25-23(18)20;1-15-8-10-17(11-9-15)19-12-16(2)18(14-22-19)13-21(6,7)20(3,4)5;/h3-8,10-13H,1-2H3;8-10,12,14H,13H2,1-7H3;/q2*-1;/i1D3,2D3;1D3,2D3,13D2;. The number of rotatable bonds is 4. The van der Waals surface area contributed by atoms with Crippen molar-refractivity contribution in [3.63, 3.8) is 0 Å². The molecule has 0 saturated heterocycles. The maximum atomic E-state index is 8.82. The van der Waals surface area contributed by atoms with Crippen molar-refractivity contribution in [1.29, 1.82) is 0 Å². The number of hydrogen-bond donors (Lipinski definition) is 0. The van der Waals surface area contributed by atoms with E-state index in [2.05, 4.69) is 22.1 Å². The monoisotopic (exact) mass is 823 g/mol. The van der Waals surface area contributed by atoms with Gasteiger partial charge in [0.1, 0.15) is 5.58 Å². The van der Waals surface area contributed by atoms with Gasteiger partial charge in [0.05, 0.1) is 5.58 Å². The van der Waals surface area contributed by atoms with Crippen molar-refractivity contribution in [2.45, 2.75) is 68.4 Å². The maximum Gasteiger partial charge on any atom is 0.128 e. The third kappa shape index (κ3) is 7.02. The number of aromatic nitrogens is 2. The van der Waals surface area contributed by atoms with Crippen LogP contribution in [0.4, 0.5) is 0 Å². The van der Waals surface area contributed by atoms with Gasteiger partial charge in [-0.15, -0.1) is 53.6 Å². The van der Waals surface area contributed by atoms with Crippen molar-refractivity contribution >= 4 is 32.7 Å². The molecule has 7 aromatic rings. The van der Waals surface area contributed by atoms with Gasteiger partial charge in [-0.3, -0.25) is 0 Å². The normalized spacial score (nSPS) is 17.4. The zero-order valence-electron chi connectivity index (χ0n) is 41.3. The van der Waals surface area contributed by atoms with E-state index in [-0.39, 0.29) is 47.9 Å². The minimum absolute atomic E-state index is 0. The first-order chi connectivity index (χ1) is 27.9. The van der Waals surface area contributed by atoms with Gasteiger partial charge in [-0.05, 0) is 65.7 Å². The predicted molar refractivity (Wildman–Crippen MR) is 198 cm³/mol. The first-order valence-corrected chi connectivity index (χ1v) is 15.2. The van der Waals surface area contributed by atoms with Crippen LogP contribution in [0.25, 0.3) is 55.2 Å². The number of fused-ring (bicyclic) bond motifs is 5. The Morgan fingerprint density at radius 3 is 2.21 bits per heavy atom. The number of pyridine rings is 2. The molecule has 0 aliphatic rings. The quantitative estimate of drug-likeness (QED) is 0.166. The van der Waals surface area contributed by atoms with Gasteiger partial charge in [0.2, 0.25) is 0 Å². The predicted octanol–water partition coefficient (Wildman–Crippen LogP) is 12.0. The van der Waals surface area contributed by atoms with Crippen LogP contribution in [0.15, 0.2) is 95.7 Å². The van der Waals surface area contributed by atoms with Crippen LogP contribution < -0.4 is 0 Å². The molecule has 0 fully saturated rings. The molecule has 0 N–H and O–H groups in total. The Labute approximate surface area is 318 Å². The summed E-state index contributed by atoms with van der Waals surface area (Å²) >= 11 is 0. The van der Waals surface area contributed by atoms with Crippen molar-refractivity contribution in [2.24, 2.45) is 10.8 Å². The van der Waals surface area contributed by atoms with Gasteiger partial charge >= 0.3 is 0 Å². The zero-order chi connectivity index (χ0) is 45.3. The Morgan fingerprint density at radius 1 is 0.729 bits per heavy atom. The summed E-state index contributed by atoms with van der Waals surface area (Å²) in [6.07, 6.45) is 0.445. The maximum absolute atomic E-state index is 8.82. The van der Waals surface area contributed by atoms with Gasteiger partial charge in [-0.1, -0.05) is 112 Å². The minimum atomic E-state index is -2.60. The van der Waals surface area contributed by atoms with Crippen LogP contribution in [0.1, 0.15) is 81.6 Å². The molecule has 0 aliphatic carbocycles. The van der Waals surface area contributed by atoms with Crippen LogP contribution in [0.3, 0.4) is 0 Å². The molecule has 0 unspecified atom stereocenters. The van der Waals surface area contributed by atoms with E-state index >= 15 is 0 Å². The molecular weight excluding hydrogens is 765 g/mol. The van der Waals surface area contributed by atoms with Gasteiger partial charge in [0.15, 0.2) is 0 Å². The summed E-state index contributed by atoms with van der Waals surface area (Å²) in [6, 6.07) is 28.5. The Bertz CT molecular complexity index is 2740. The molecule has 0 atom stereocenters. The van der Waals surface area contributed by atoms with Crippen LogP contribution >= 0.6 is 0 Å². The molecule has 0 bridgehead atoms.